The van der Waals surface area contributed by atoms with Crippen LogP contribution >= 0.6 is 11.3 Å². The molecule has 23 heavy (non-hydrogen) atoms. The summed E-state index contributed by atoms with van der Waals surface area (Å²) in [6.07, 6.45) is 1.55. The van der Waals surface area contributed by atoms with Gasteiger partial charge < -0.3 is 20.8 Å². The van der Waals surface area contributed by atoms with E-state index in [4.69, 9.17) is 10.2 Å². The highest BCUT2D eigenvalue weighted by molar-refractivity contribution is 7.13. The first kappa shape index (κ1) is 14.8. The second-order valence-electron chi connectivity index (χ2n) is 4.54. The molecule has 116 valence electrons. The summed E-state index contributed by atoms with van der Waals surface area (Å²) in [5.41, 5.74) is 6.36. The molecule has 3 aromatic rings. The van der Waals surface area contributed by atoms with Gasteiger partial charge in [-0.1, -0.05) is 6.07 Å². The van der Waals surface area contributed by atoms with E-state index >= 15 is 0 Å². The third-order valence-electron chi connectivity index (χ3n) is 2.86. The first-order valence-corrected chi connectivity index (χ1v) is 7.47. The average molecular weight is 328 g/mol. The SMILES string of the molecule is NC(=O)Nc1cccc(NC(=O)c2csc(-c3ccco3)n2)c1. The number of primary amides is 1. The van der Waals surface area contributed by atoms with E-state index in [0.29, 0.717) is 22.1 Å². The van der Waals surface area contributed by atoms with E-state index < -0.39 is 6.03 Å². The Bertz CT molecular complexity index is 842. The summed E-state index contributed by atoms with van der Waals surface area (Å²) in [6, 6.07) is 9.52. The van der Waals surface area contributed by atoms with Crippen molar-refractivity contribution in [2.45, 2.75) is 0 Å². The number of thiazole rings is 1. The minimum Gasteiger partial charge on any atom is -0.462 e. The van der Waals surface area contributed by atoms with E-state index in [-0.39, 0.29) is 11.6 Å². The number of anilines is 2. The molecule has 2 aromatic heterocycles. The molecule has 0 aliphatic rings. The Hall–Kier alpha value is -3.13. The van der Waals surface area contributed by atoms with E-state index in [9.17, 15) is 9.59 Å². The molecule has 0 bridgehead atoms. The summed E-state index contributed by atoms with van der Waals surface area (Å²) in [7, 11) is 0. The van der Waals surface area contributed by atoms with Crippen LogP contribution in [0.1, 0.15) is 10.5 Å². The monoisotopic (exact) mass is 328 g/mol. The summed E-state index contributed by atoms with van der Waals surface area (Å²) in [5.74, 6) is 0.261. The number of furan rings is 1. The van der Waals surface area contributed by atoms with E-state index in [0.717, 1.165) is 0 Å². The summed E-state index contributed by atoms with van der Waals surface area (Å²) >= 11 is 1.32. The van der Waals surface area contributed by atoms with Gasteiger partial charge in [0.05, 0.1) is 6.26 Å². The van der Waals surface area contributed by atoms with Crippen molar-refractivity contribution < 1.29 is 14.0 Å². The topological polar surface area (TPSA) is 110 Å². The van der Waals surface area contributed by atoms with Crippen LogP contribution < -0.4 is 16.4 Å². The van der Waals surface area contributed by atoms with Crippen LogP contribution in [0.2, 0.25) is 0 Å². The van der Waals surface area contributed by atoms with Crippen molar-refractivity contribution in [3.63, 3.8) is 0 Å². The Morgan fingerprint density at radius 3 is 2.61 bits per heavy atom. The quantitative estimate of drug-likeness (QED) is 0.683. The minimum atomic E-state index is -0.670. The molecule has 2 heterocycles. The number of rotatable bonds is 4. The molecule has 0 saturated carbocycles. The molecule has 7 nitrogen and oxygen atoms in total. The third-order valence-corrected chi connectivity index (χ3v) is 3.71. The molecule has 0 atom stereocenters. The molecule has 3 rings (SSSR count). The molecule has 4 N–H and O–H groups in total. The summed E-state index contributed by atoms with van der Waals surface area (Å²) in [5, 5.41) is 7.44. The molecule has 0 unspecified atom stereocenters. The van der Waals surface area contributed by atoms with Gasteiger partial charge in [0.25, 0.3) is 5.91 Å². The van der Waals surface area contributed by atoms with Crippen LogP contribution in [0.4, 0.5) is 16.2 Å². The fraction of sp³-hybridized carbons (Fsp3) is 0. The highest BCUT2D eigenvalue weighted by Crippen LogP contribution is 2.24. The van der Waals surface area contributed by atoms with Crippen LogP contribution in [-0.2, 0) is 0 Å². The first-order chi connectivity index (χ1) is 11.1. The van der Waals surface area contributed by atoms with Gasteiger partial charge in [-0.2, -0.15) is 0 Å². The zero-order valence-corrected chi connectivity index (χ0v) is 12.6. The maximum atomic E-state index is 12.2. The number of benzene rings is 1. The maximum absolute atomic E-state index is 12.2. The van der Waals surface area contributed by atoms with Gasteiger partial charge in [0.15, 0.2) is 10.8 Å². The molecule has 3 amide bonds. The molecular weight excluding hydrogens is 316 g/mol. The number of amides is 3. The molecule has 8 heteroatoms. The number of aromatic nitrogens is 1. The number of hydrogen-bond acceptors (Lipinski definition) is 5. The van der Waals surface area contributed by atoms with Crippen LogP contribution in [0.15, 0.2) is 52.5 Å². The predicted molar refractivity (Wildman–Crippen MR) is 87.4 cm³/mol. The molecule has 1 aromatic carbocycles. The van der Waals surface area contributed by atoms with Crippen molar-refractivity contribution in [2.24, 2.45) is 5.73 Å². The normalized spacial score (nSPS) is 10.3. The van der Waals surface area contributed by atoms with Crippen molar-refractivity contribution in [1.82, 2.24) is 4.98 Å². The number of nitrogens with two attached hydrogens (primary N) is 1. The zero-order valence-electron chi connectivity index (χ0n) is 11.8. The maximum Gasteiger partial charge on any atom is 0.316 e. The summed E-state index contributed by atoms with van der Waals surface area (Å²) < 4.78 is 5.25. The first-order valence-electron chi connectivity index (χ1n) is 6.59. The fourth-order valence-electron chi connectivity index (χ4n) is 1.90. The van der Waals surface area contributed by atoms with Gasteiger partial charge in [-0.15, -0.1) is 11.3 Å². The Labute approximate surface area is 135 Å². The molecule has 0 aliphatic carbocycles. The lowest BCUT2D eigenvalue weighted by Crippen LogP contribution is -2.19. The number of carbonyl (C=O) groups excluding carboxylic acids is 2. The van der Waals surface area contributed by atoms with E-state index in [1.165, 1.54) is 11.3 Å². The lowest BCUT2D eigenvalue weighted by molar-refractivity contribution is 0.102. The van der Waals surface area contributed by atoms with E-state index in [1.54, 1.807) is 48.0 Å². The van der Waals surface area contributed by atoms with Gasteiger partial charge in [0.2, 0.25) is 0 Å². The number of nitrogens with one attached hydrogen (secondary N) is 2. The van der Waals surface area contributed by atoms with Crippen molar-refractivity contribution in [2.75, 3.05) is 10.6 Å². The fourth-order valence-corrected chi connectivity index (χ4v) is 2.67. The number of hydrogen-bond donors (Lipinski definition) is 3. The van der Waals surface area contributed by atoms with Gasteiger partial charge in [-0.05, 0) is 30.3 Å². The lowest BCUT2D eigenvalue weighted by Gasteiger charge is -2.06. The zero-order chi connectivity index (χ0) is 16.2. The minimum absolute atomic E-state index is 0.287. The van der Waals surface area contributed by atoms with E-state index in [1.807, 2.05) is 0 Å². The Morgan fingerprint density at radius 2 is 1.91 bits per heavy atom. The van der Waals surface area contributed by atoms with Crippen molar-refractivity contribution in [3.8, 4) is 10.8 Å². The molecule has 0 spiro atoms. The summed E-state index contributed by atoms with van der Waals surface area (Å²) in [4.78, 5) is 27.3. The van der Waals surface area contributed by atoms with Crippen LogP contribution in [0, 0.1) is 0 Å². The van der Waals surface area contributed by atoms with Gasteiger partial charge in [0.1, 0.15) is 5.69 Å². The third kappa shape index (κ3) is 3.55. The standard InChI is InChI=1S/C15H12N4O3S/c16-15(21)18-10-4-1-3-9(7-10)17-13(20)11-8-23-14(19-11)12-5-2-6-22-12/h1-8H,(H,17,20)(H3,16,18,21). The average Bonchev–Trinajstić information content (AvgIpc) is 3.18. The Balaban J connectivity index is 1.73. The van der Waals surface area contributed by atoms with Gasteiger partial charge >= 0.3 is 6.03 Å². The van der Waals surface area contributed by atoms with Gasteiger partial charge in [-0.25, -0.2) is 9.78 Å². The second kappa shape index (κ2) is 6.32. The van der Waals surface area contributed by atoms with Crippen molar-refractivity contribution >= 4 is 34.6 Å². The molecule has 0 saturated heterocycles. The predicted octanol–water partition coefficient (Wildman–Crippen LogP) is 3.15. The van der Waals surface area contributed by atoms with Gasteiger partial charge in [0, 0.05) is 16.8 Å². The molecule has 0 aliphatic heterocycles. The number of nitrogens with zero attached hydrogens (tertiary/aromatic N) is 1. The van der Waals surface area contributed by atoms with Crippen LogP contribution in [0.25, 0.3) is 10.8 Å². The Kier molecular flexibility index (Phi) is 4.07. The highest BCUT2D eigenvalue weighted by Gasteiger charge is 2.13. The van der Waals surface area contributed by atoms with Crippen LogP contribution in [0.5, 0.6) is 0 Å². The Morgan fingerprint density at radius 1 is 1.13 bits per heavy atom. The number of urea groups is 1. The van der Waals surface area contributed by atoms with Gasteiger partial charge in [-0.3, -0.25) is 4.79 Å². The summed E-state index contributed by atoms with van der Waals surface area (Å²) in [6.45, 7) is 0. The van der Waals surface area contributed by atoms with Crippen molar-refractivity contribution in [3.05, 3.63) is 53.7 Å². The van der Waals surface area contributed by atoms with Crippen LogP contribution in [-0.4, -0.2) is 16.9 Å². The molecule has 0 fully saturated rings. The molecular formula is C15H12N4O3S. The molecule has 0 radical (unpaired) electrons. The van der Waals surface area contributed by atoms with Crippen LogP contribution in [0.3, 0.4) is 0 Å². The smallest absolute Gasteiger partial charge is 0.316 e. The van der Waals surface area contributed by atoms with Crippen molar-refractivity contribution in [1.29, 1.82) is 0 Å². The number of carbonyl (C=O) groups is 2. The largest absolute Gasteiger partial charge is 0.462 e. The second-order valence-corrected chi connectivity index (χ2v) is 5.40. The highest BCUT2D eigenvalue weighted by atomic mass is 32.1. The van der Waals surface area contributed by atoms with E-state index in [2.05, 4.69) is 15.6 Å². The lowest BCUT2D eigenvalue weighted by atomic mass is 10.2.